The van der Waals surface area contributed by atoms with Crippen molar-refractivity contribution in [2.45, 2.75) is 31.9 Å². The number of hydrogen-bond donors (Lipinski definition) is 1. The van der Waals surface area contributed by atoms with Gasteiger partial charge in [0.15, 0.2) is 0 Å². The standard InChI is InChI=1S/C17H23N5O2S/c23-17(16-18-12-19-20-16)22-8-6-21(7-9-22)11-13-4-5-15(25-13)14-3-1-2-10-24-14/h4-5,12,14H,1-3,6-11H2,(H,18,19,20)/t14-/m0/s1. The summed E-state index contributed by atoms with van der Waals surface area (Å²) in [5.41, 5.74) is 0. The van der Waals surface area contributed by atoms with Crippen LogP contribution in [0.5, 0.6) is 0 Å². The van der Waals surface area contributed by atoms with E-state index in [4.69, 9.17) is 4.74 Å². The van der Waals surface area contributed by atoms with E-state index in [0.717, 1.165) is 45.8 Å². The number of ether oxygens (including phenoxy) is 1. The van der Waals surface area contributed by atoms with Crippen molar-refractivity contribution >= 4 is 17.2 Å². The largest absolute Gasteiger partial charge is 0.373 e. The fourth-order valence-electron chi connectivity index (χ4n) is 3.41. The van der Waals surface area contributed by atoms with Gasteiger partial charge in [-0.2, -0.15) is 5.10 Å². The Morgan fingerprint density at radius 3 is 2.88 bits per heavy atom. The maximum absolute atomic E-state index is 12.3. The van der Waals surface area contributed by atoms with Crippen LogP contribution in [0.4, 0.5) is 0 Å². The lowest BCUT2D eigenvalue weighted by molar-refractivity contribution is 0.0172. The Balaban J connectivity index is 1.28. The maximum Gasteiger partial charge on any atom is 0.291 e. The molecule has 0 radical (unpaired) electrons. The summed E-state index contributed by atoms with van der Waals surface area (Å²) in [6.45, 7) is 5.05. The molecule has 0 saturated carbocycles. The van der Waals surface area contributed by atoms with Gasteiger partial charge < -0.3 is 9.64 Å². The van der Waals surface area contributed by atoms with Crippen LogP contribution >= 0.6 is 11.3 Å². The number of thiophene rings is 1. The van der Waals surface area contributed by atoms with E-state index >= 15 is 0 Å². The first kappa shape index (κ1) is 16.7. The van der Waals surface area contributed by atoms with Gasteiger partial charge >= 0.3 is 0 Å². The highest BCUT2D eigenvalue weighted by Gasteiger charge is 2.24. The van der Waals surface area contributed by atoms with Crippen molar-refractivity contribution in [3.8, 4) is 0 Å². The molecule has 0 unspecified atom stereocenters. The highest BCUT2D eigenvalue weighted by molar-refractivity contribution is 7.12. The summed E-state index contributed by atoms with van der Waals surface area (Å²) in [5, 5.41) is 6.39. The Labute approximate surface area is 151 Å². The first-order valence-electron chi connectivity index (χ1n) is 8.87. The van der Waals surface area contributed by atoms with Gasteiger partial charge in [0, 0.05) is 49.1 Å². The number of carbonyl (C=O) groups excluding carboxylic acids is 1. The van der Waals surface area contributed by atoms with Crippen LogP contribution in [0.1, 0.15) is 45.7 Å². The molecular formula is C17H23N5O2S. The third-order valence-electron chi connectivity index (χ3n) is 4.84. The van der Waals surface area contributed by atoms with Crippen LogP contribution in [0, 0.1) is 0 Å². The summed E-state index contributed by atoms with van der Waals surface area (Å²) in [7, 11) is 0. The molecule has 7 nitrogen and oxygen atoms in total. The van der Waals surface area contributed by atoms with Gasteiger partial charge in [0.2, 0.25) is 5.82 Å². The van der Waals surface area contributed by atoms with Crippen molar-refractivity contribution in [1.82, 2.24) is 25.0 Å². The second-order valence-electron chi connectivity index (χ2n) is 6.56. The Bertz CT molecular complexity index is 688. The number of rotatable bonds is 4. The minimum absolute atomic E-state index is 0.0648. The number of aromatic nitrogens is 3. The second kappa shape index (κ2) is 7.63. The fraction of sp³-hybridized carbons (Fsp3) is 0.588. The highest BCUT2D eigenvalue weighted by atomic mass is 32.1. The predicted molar refractivity (Wildman–Crippen MR) is 94.4 cm³/mol. The normalized spacial score (nSPS) is 22.2. The van der Waals surface area contributed by atoms with Crippen LogP contribution < -0.4 is 0 Å². The SMILES string of the molecule is O=C(c1ncn[nH]1)N1CCN(Cc2ccc([C@@H]3CCCCO3)s2)CC1. The quantitative estimate of drug-likeness (QED) is 0.902. The number of hydrogen-bond acceptors (Lipinski definition) is 6. The van der Waals surface area contributed by atoms with Gasteiger partial charge in [-0.3, -0.25) is 14.8 Å². The summed E-state index contributed by atoms with van der Waals surface area (Å²) in [4.78, 5) is 23.2. The molecule has 4 rings (SSSR count). The van der Waals surface area contributed by atoms with Crippen LogP contribution in [-0.2, 0) is 11.3 Å². The molecule has 2 aromatic heterocycles. The Morgan fingerprint density at radius 2 is 2.16 bits per heavy atom. The lowest BCUT2D eigenvalue weighted by Gasteiger charge is -2.34. The van der Waals surface area contributed by atoms with E-state index in [2.05, 4.69) is 32.2 Å². The summed E-state index contributed by atoms with van der Waals surface area (Å²) in [6, 6.07) is 4.45. The molecule has 2 aliphatic rings. The molecule has 0 bridgehead atoms. The molecule has 134 valence electrons. The molecular weight excluding hydrogens is 338 g/mol. The van der Waals surface area contributed by atoms with Crippen molar-refractivity contribution in [2.24, 2.45) is 0 Å². The molecule has 1 amide bonds. The van der Waals surface area contributed by atoms with Crippen LogP contribution in [0.25, 0.3) is 0 Å². The summed E-state index contributed by atoms with van der Waals surface area (Å²) >= 11 is 1.87. The second-order valence-corrected chi connectivity index (χ2v) is 7.76. The molecule has 2 fully saturated rings. The van der Waals surface area contributed by atoms with E-state index in [-0.39, 0.29) is 5.91 Å². The van der Waals surface area contributed by atoms with Crippen LogP contribution in [0.15, 0.2) is 18.5 Å². The third kappa shape index (κ3) is 3.91. The number of amides is 1. The number of nitrogens with zero attached hydrogens (tertiary/aromatic N) is 4. The minimum atomic E-state index is -0.0648. The smallest absolute Gasteiger partial charge is 0.291 e. The Kier molecular flexibility index (Phi) is 5.09. The van der Waals surface area contributed by atoms with E-state index in [0.29, 0.717) is 11.9 Å². The third-order valence-corrected chi connectivity index (χ3v) is 6.00. The number of carbonyl (C=O) groups is 1. The van der Waals surface area contributed by atoms with E-state index < -0.39 is 0 Å². The molecule has 25 heavy (non-hydrogen) atoms. The molecule has 8 heteroatoms. The monoisotopic (exact) mass is 361 g/mol. The molecule has 0 aliphatic carbocycles. The van der Waals surface area contributed by atoms with Gasteiger partial charge in [0.1, 0.15) is 6.33 Å². The van der Waals surface area contributed by atoms with Gasteiger partial charge in [0.05, 0.1) is 6.10 Å². The zero-order chi connectivity index (χ0) is 17.1. The van der Waals surface area contributed by atoms with Crippen LogP contribution in [0.3, 0.4) is 0 Å². The number of aromatic amines is 1. The van der Waals surface area contributed by atoms with Gasteiger partial charge in [-0.15, -0.1) is 11.3 Å². The molecule has 2 aliphatic heterocycles. The van der Waals surface area contributed by atoms with Gasteiger partial charge in [-0.05, 0) is 31.4 Å². The molecule has 0 aromatic carbocycles. The predicted octanol–water partition coefficient (Wildman–Crippen LogP) is 2.07. The van der Waals surface area contributed by atoms with Crippen LogP contribution in [-0.4, -0.2) is 63.7 Å². The molecule has 1 N–H and O–H groups in total. The molecule has 0 spiro atoms. The van der Waals surface area contributed by atoms with E-state index in [1.54, 1.807) is 0 Å². The Hall–Kier alpha value is -1.77. The zero-order valence-electron chi connectivity index (χ0n) is 14.2. The lowest BCUT2D eigenvalue weighted by Crippen LogP contribution is -2.48. The van der Waals surface area contributed by atoms with Gasteiger partial charge in [0.25, 0.3) is 5.91 Å². The molecule has 4 heterocycles. The summed E-state index contributed by atoms with van der Waals surface area (Å²) in [6.07, 6.45) is 5.25. The summed E-state index contributed by atoms with van der Waals surface area (Å²) < 4.78 is 5.88. The molecule has 2 aromatic rings. The van der Waals surface area contributed by atoms with Crippen molar-refractivity contribution in [3.63, 3.8) is 0 Å². The van der Waals surface area contributed by atoms with E-state index in [9.17, 15) is 4.79 Å². The molecule has 1 atom stereocenters. The minimum Gasteiger partial charge on any atom is -0.373 e. The number of piperazine rings is 1. The van der Waals surface area contributed by atoms with Crippen molar-refractivity contribution < 1.29 is 9.53 Å². The summed E-state index contributed by atoms with van der Waals surface area (Å²) in [5.74, 6) is 0.258. The van der Waals surface area contributed by atoms with Crippen molar-refractivity contribution in [3.05, 3.63) is 34.0 Å². The topological polar surface area (TPSA) is 74.4 Å². The molecule has 2 saturated heterocycles. The number of nitrogens with one attached hydrogen (secondary N) is 1. The highest BCUT2D eigenvalue weighted by Crippen LogP contribution is 2.33. The van der Waals surface area contributed by atoms with Gasteiger partial charge in [-0.25, -0.2) is 4.98 Å². The zero-order valence-corrected chi connectivity index (χ0v) is 15.0. The van der Waals surface area contributed by atoms with Crippen LogP contribution in [0.2, 0.25) is 0 Å². The number of H-pyrrole nitrogens is 1. The maximum atomic E-state index is 12.3. The average Bonchev–Trinajstić information content (AvgIpc) is 3.35. The van der Waals surface area contributed by atoms with E-state index in [1.807, 2.05) is 16.2 Å². The Morgan fingerprint density at radius 1 is 1.28 bits per heavy atom. The average molecular weight is 361 g/mol. The lowest BCUT2D eigenvalue weighted by atomic mass is 10.1. The first-order chi connectivity index (χ1) is 12.3. The van der Waals surface area contributed by atoms with Crippen molar-refractivity contribution in [2.75, 3.05) is 32.8 Å². The van der Waals surface area contributed by atoms with Gasteiger partial charge in [-0.1, -0.05) is 0 Å². The van der Waals surface area contributed by atoms with Crippen molar-refractivity contribution in [1.29, 1.82) is 0 Å². The first-order valence-corrected chi connectivity index (χ1v) is 9.68. The fourth-order valence-corrected chi connectivity index (χ4v) is 4.54. The van der Waals surface area contributed by atoms with E-state index in [1.165, 1.54) is 28.9 Å².